The van der Waals surface area contributed by atoms with Crippen molar-refractivity contribution in [3.63, 3.8) is 0 Å². The number of carbonyl (C=O) groups is 1. The molecule has 0 aliphatic rings. The van der Waals surface area contributed by atoms with Crippen LogP contribution in [0, 0.1) is 0 Å². The Morgan fingerprint density at radius 1 is 1.80 bits per heavy atom. The molecule has 5 N–H and O–H groups in total. The predicted octanol–water partition coefficient (Wildman–Crippen LogP) is -0.472. The van der Waals surface area contributed by atoms with Gasteiger partial charge in [-0.3, -0.25) is 10.2 Å². The van der Waals surface area contributed by atoms with Gasteiger partial charge in [-0.25, -0.2) is 10.8 Å². The lowest BCUT2D eigenvalue weighted by Crippen LogP contribution is -2.12. The molecule has 0 saturated heterocycles. The highest BCUT2D eigenvalue weighted by molar-refractivity contribution is 7.13. The highest BCUT2D eigenvalue weighted by Gasteiger charge is 2.04. The normalized spacial score (nSPS) is 9.30. The first-order valence-electron chi connectivity index (χ1n) is 2.46. The first-order valence-corrected chi connectivity index (χ1v) is 3.34. The largest absolute Gasteiger partial charge is 0.364 e. The number of nitrogens with zero attached hydrogens (tertiary/aromatic N) is 1. The Morgan fingerprint density at radius 2 is 2.50 bits per heavy atom. The number of hydrazine groups is 1. The van der Waals surface area contributed by atoms with E-state index in [0.29, 0.717) is 5.13 Å². The topological polar surface area (TPSA) is 94.0 Å². The van der Waals surface area contributed by atoms with Crippen molar-refractivity contribution in [2.75, 3.05) is 5.43 Å². The molecule has 1 aromatic heterocycles. The average Bonchev–Trinajstić information content (AvgIpc) is 2.34. The molecule has 0 spiro atoms. The maximum Gasteiger partial charge on any atom is 0.268 e. The smallest absolute Gasteiger partial charge is 0.268 e. The van der Waals surface area contributed by atoms with Gasteiger partial charge in [0.15, 0.2) is 5.13 Å². The number of nitrogens with one attached hydrogen (secondary N) is 1. The number of primary amides is 1. The van der Waals surface area contributed by atoms with Crippen LogP contribution in [0.15, 0.2) is 5.38 Å². The monoisotopic (exact) mass is 158 g/mol. The van der Waals surface area contributed by atoms with E-state index in [-0.39, 0.29) is 5.69 Å². The summed E-state index contributed by atoms with van der Waals surface area (Å²) in [5.74, 6) is 4.47. The summed E-state index contributed by atoms with van der Waals surface area (Å²) in [6, 6.07) is 0. The Hall–Kier alpha value is -1.14. The zero-order chi connectivity index (χ0) is 7.56. The Labute approximate surface area is 61.0 Å². The van der Waals surface area contributed by atoms with Crippen LogP contribution in [0.4, 0.5) is 5.13 Å². The summed E-state index contributed by atoms with van der Waals surface area (Å²) in [4.78, 5) is 14.2. The lowest BCUT2D eigenvalue weighted by atomic mass is 10.5. The van der Waals surface area contributed by atoms with Crippen molar-refractivity contribution in [1.29, 1.82) is 0 Å². The first-order chi connectivity index (χ1) is 4.74. The van der Waals surface area contributed by atoms with Crippen molar-refractivity contribution in [3.8, 4) is 0 Å². The van der Waals surface area contributed by atoms with Crippen molar-refractivity contribution in [3.05, 3.63) is 11.1 Å². The fraction of sp³-hybridized carbons (Fsp3) is 0. The molecular weight excluding hydrogens is 152 g/mol. The molecule has 1 aromatic rings. The van der Waals surface area contributed by atoms with Crippen LogP contribution < -0.4 is 17.0 Å². The van der Waals surface area contributed by atoms with Crippen molar-refractivity contribution >= 4 is 22.4 Å². The van der Waals surface area contributed by atoms with Crippen molar-refractivity contribution in [2.45, 2.75) is 0 Å². The summed E-state index contributed by atoms with van der Waals surface area (Å²) in [5, 5.41) is 2.02. The number of hydrogen-bond acceptors (Lipinski definition) is 5. The number of nitrogen functional groups attached to an aromatic ring is 1. The molecule has 6 heteroatoms. The third-order valence-electron chi connectivity index (χ3n) is 0.880. The van der Waals surface area contributed by atoms with E-state index in [4.69, 9.17) is 11.6 Å². The van der Waals surface area contributed by atoms with Crippen LogP contribution in [0.2, 0.25) is 0 Å². The number of rotatable bonds is 2. The van der Waals surface area contributed by atoms with E-state index in [2.05, 4.69) is 10.4 Å². The van der Waals surface area contributed by atoms with E-state index in [9.17, 15) is 4.79 Å². The van der Waals surface area contributed by atoms with Gasteiger partial charge in [0.05, 0.1) is 0 Å². The molecule has 5 nitrogen and oxygen atoms in total. The fourth-order valence-corrected chi connectivity index (χ4v) is 1.06. The Morgan fingerprint density at radius 3 is 2.80 bits per heavy atom. The van der Waals surface area contributed by atoms with Crippen molar-refractivity contribution < 1.29 is 4.79 Å². The molecule has 0 aliphatic heterocycles. The summed E-state index contributed by atoms with van der Waals surface area (Å²) < 4.78 is 0. The van der Waals surface area contributed by atoms with Gasteiger partial charge in [-0.05, 0) is 0 Å². The van der Waals surface area contributed by atoms with Crippen molar-refractivity contribution in [1.82, 2.24) is 4.98 Å². The summed E-state index contributed by atoms with van der Waals surface area (Å²) in [6.45, 7) is 0. The molecule has 1 heterocycles. The Balaban J connectivity index is 2.88. The number of carbonyl (C=O) groups excluding carboxylic acids is 1. The van der Waals surface area contributed by atoms with Gasteiger partial charge in [-0.1, -0.05) is 0 Å². The van der Waals surface area contributed by atoms with Gasteiger partial charge < -0.3 is 5.73 Å². The zero-order valence-corrected chi connectivity index (χ0v) is 5.81. The second kappa shape index (κ2) is 2.63. The molecule has 1 rings (SSSR count). The highest BCUT2D eigenvalue weighted by atomic mass is 32.1. The third-order valence-corrected chi connectivity index (χ3v) is 1.65. The molecule has 1 amide bonds. The van der Waals surface area contributed by atoms with Crippen molar-refractivity contribution in [2.24, 2.45) is 11.6 Å². The van der Waals surface area contributed by atoms with Crippen LogP contribution in [0.3, 0.4) is 0 Å². The van der Waals surface area contributed by atoms with Crippen LogP contribution >= 0.6 is 11.3 Å². The van der Waals surface area contributed by atoms with Gasteiger partial charge in [0.1, 0.15) is 5.69 Å². The van der Waals surface area contributed by atoms with Crippen LogP contribution in [-0.4, -0.2) is 10.9 Å². The number of aromatic nitrogens is 1. The van der Waals surface area contributed by atoms with Crippen LogP contribution in [0.25, 0.3) is 0 Å². The van der Waals surface area contributed by atoms with Gasteiger partial charge >= 0.3 is 0 Å². The van der Waals surface area contributed by atoms with Crippen LogP contribution in [0.1, 0.15) is 10.5 Å². The number of amides is 1. The molecule has 0 bridgehead atoms. The minimum absolute atomic E-state index is 0.234. The summed E-state index contributed by atoms with van der Waals surface area (Å²) in [5.41, 5.74) is 7.45. The molecule has 54 valence electrons. The minimum Gasteiger partial charge on any atom is -0.364 e. The molecule has 0 aromatic carbocycles. The Bertz CT molecular complexity index is 245. The molecule has 10 heavy (non-hydrogen) atoms. The summed E-state index contributed by atoms with van der Waals surface area (Å²) in [7, 11) is 0. The average molecular weight is 158 g/mol. The third kappa shape index (κ3) is 1.23. The number of thiazole rings is 1. The molecule has 0 atom stereocenters. The van der Waals surface area contributed by atoms with Gasteiger partial charge in [-0.15, -0.1) is 11.3 Å². The standard InChI is InChI=1S/C4H6N4OS/c5-3(9)2-1-10-4(7-2)8-6/h1H,6H2,(H2,5,9)(H,7,8). The number of hydrogen-bond donors (Lipinski definition) is 3. The van der Waals surface area contributed by atoms with Crippen LogP contribution in [0.5, 0.6) is 0 Å². The van der Waals surface area contributed by atoms with E-state index < -0.39 is 5.91 Å². The molecule has 0 saturated carbocycles. The van der Waals surface area contributed by atoms with Gasteiger partial charge in [-0.2, -0.15) is 0 Å². The zero-order valence-electron chi connectivity index (χ0n) is 5.00. The quantitative estimate of drug-likeness (QED) is 0.400. The summed E-state index contributed by atoms with van der Waals surface area (Å²) in [6.07, 6.45) is 0. The van der Waals surface area contributed by atoms with Gasteiger partial charge in [0, 0.05) is 5.38 Å². The highest BCUT2D eigenvalue weighted by Crippen LogP contribution is 2.12. The lowest BCUT2D eigenvalue weighted by molar-refractivity contribution is 0.0996. The van der Waals surface area contributed by atoms with E-state index in [1.54, 1.807) is 0 Å². The van der Waals surface area contributed by atoms with Gasteiger partial charge in [0.2, 0.25) is 0 Å². The summed E-state index contributed by atoms with van der Waals surface area (Å²) >= 11 is 1.23. The van der Waals surface area contributed by atoms with E-state index in [1.165, 1.54) is 16.7 Å². The van der Waals surface area contributed by atoms with Crippen LogP contribution in [-0.2, 0) is 0 Å². The van der Waals surface area contributed by atoms with E-state index >= 15 is 0 Å². The molecular formula is C4H6N4OS. The number of nitrogens with two attached hydrogens (primary N) is 2. The predicted molar refractivity (Wildman–Crippen MR) is 38.4 cm³/mol. The lowest BCUT2D eigenvalue weighted by Gasteiger charge is -1.87. The molecule has 0 unspecified atom stereocenters. The first kappa shape index (κ1) is 6.97. The maximum atomic E-state index is 10.4. The van der Waals surface area contributed by atoms with E-state index in [1.807, 2.05) is 0 Å². The fourth-order valence-electron chi connectivity index (χ4n) is 0.453. The minimum atomic E-state index is -0.544. The second-order valence-corrected chi connectivity index (χ2v) is 2.40. The number of anilines is 1. The van der Waals surface area contributed by atoms with E-state index in [0.717, 1.165) is 0 Å². The molecule has 0 radical (unpaired) electrons. The SMILES string of the molecule is NNc1nc(C(N)=O)cs1. The van der Waals surface area contributed by atoms with Gasteiger partial charge in [0.25, 0.3) is 5.91 Å². The molecule has 0 fully saturated rings. The Kier molecular flexibility index (Phi) is 1.83. The second-order valence-electron chi connectivity index (χ2n) is 1.55. The molecule has 0 aliphatic carbocycles. The maximum absolute atomic E-state index is 10.4.